The standard InChI is InChI=1S/C10H7N2O2.3C4H9.Sn/c1-4-8-7(3)11-6(2)5-9(13)12(11)10(8)14;3*1-3-4-2;/h5H,2-3H3;3*1,3-4H2,2H3;. The van der Waals surface area contributed by atoms with Gasteiger partial charge >= 0.3 is 167 Å². The Kier molecular flexibility index (Phi) is 8.02. The summed E-state index contributed by atoms with van der Waals surface area (Å²) in [5, 5.41) is 0. The van der Waals surface area contributed by atoms with Crippen molar-refractivity contribution >= 4 is 18.4 Å². The monoisotopic (exact) mass is 478 g/mol. The maximum atomic E-state index is 12.8. The molecule has 0 amide bonds. The molecule has 0 N–H and O–H groups in total. The molecule has 0 aromatic carbocycles. The molecule has 0 aliphatic heterocycles. The van der Waals surface area contributed by atoms with E-state index in [1.54, 1.807) is 4.52 Å². The quantitative estimate of drug-likeness (QED) is 0.393. The van der Waals surface area contributed by atoms with Crippen LogP contribution in [0.5, 0.6) is 0 Å². The van der Waals surface area contributed by atoms with Crippen LogP contribution in [-0.4, -0.2) is 27.4 Å². The number of rotatable bonds is 9. The van der Waals surface area contributed by atoms with E-state index in [-0.39, 0.29) is 11.1 Å². The van der Waals surface area contributed by atoms with Crippen molar-refractivity contribution in [2.75, 3.05) is 0 Å². The van der Waals surface area contributed by atoms with E-state index in [2.05, 4.69) is 30.6 Å². The Bertz CT molecular complexity index is 908. The molecule has 2 aromatic rings. The maximum absolute atomic E-state index is 12.8. The molecule has 2 rings (SSSR count). The van der Waals surface area contributed by atoms with Crippen LogP contribution < -0.4 is 11.1 Å². The molecular formula is C22H34N2O2Sn. The molecule has 27 heavy (non-hydrogen) atoms. The number of hydrogen-bond donors (Lipinski definition) is 0. The number of nitrogens with zero attached hydrogens (tertiary/aromatic N) is 2. The Labute approximate surface area is 167 Å². The molecule has 0 atom stereocenters. The SMILES string of the molecule is CCC[CH2][Sn]([C]#Cc1c(C)n2c(C)cc(=O)n2c1=O)([CH2]CCC)[CH2]CCC. The van der Waals surface area contributed by atoms with Crippen LogP contribution in [0.15, 0.2) is 15.7 Å². The topological polar surface area (TPSA) is 43.0 Å². The third kappa shape index (κ3) is 4.80. The van der Waals surface area contributed by atoms with Gasteiger partial charge in [-0.05, 0) is 0 Å². The fourth-order valence-corrected chi connectivity index (χ4v) is 17.1. The molecule has 0 saturated carbocycles. The summed E-state index contributed by atoms with van der Waals surface area (Å²) in [6, 6.07) is 1.51. The molecule has 2 aromatic heterocycles. The molecule has 0 fully saturated rings. The van der Waals surface area contributed by atoms with Gasteiger partial charge in [0.05, 0.1) is 0 Å². The zero-order chi connectivity index (χ0) is 20.0. The minimum atomic E-state index is -2.62. The van der Waals surface area contributed by atoms with Crippen LogP contribution in [-0.2, 0) is 0 Å². The van der Waals surface area contributed by atoms with E-state index in [0.29, 0.717) is 5.56 Å². The summed E-state index contributed by atoms with van der Waals surface area (Å²) in [6.07, 6.45) is 7.38. The summed E-state index contributed by atoms with van der Waals surface area (Å²) >= 11 is -2.62. The molecule has 5 heteroatoms. The first kappa shape index (κ1) is 22.1. The van der Waals surface area contributed by atoms with E-state index in [9.17, 15) is 9.59 Å². The second kappa shape index (κ2) is 9.82. The van der Waals surface area contributed by atoms with Gasteiger partial charge in [-0.25, -0.2) is 0 Å². The molecule has 0 radical (unpaired) electrons. The Hall–Kier alpha value is -1.22. The second-order valence-electron chi connectivity index (χ2n) is 7.85. The normalized spacial score (nSPS) is 11.7. The number of fused-ring (bicyclic) bond motifs is 1. The molecular weight excluding hydrogens is 443 g/mol. The van der Waals surface area contributed by atoms with Gasteiger partial charge in [0.1, 0.15) is 0 Å². The van der Waals surface area contributed by atoms with Gasteiger partial charge in [0, 0.05) is 0 Å². The Morgan fingerprint density at radius 3 is 1.85 bits per heavy atom. The first-order chi connectivity index (χ1) is 12.9. The van der Waals surface area contributed by atoms with Crippen LogP contribution in [0.3, 0.4) is 0 Å². The van der Waals surface area contributed by atoms with E-state index in [0.717, 1.165) is 11.4 Å². The number of aromatic nitrogens is 2. The van der Waals surface area contributed by atoms with Crippen LogP contribution in [0.25, 0.3) is 0 Å². The van der Waals surface area contributed by atoms with Crippen molar-refractivity contribution in [2.24, 2.45) is 0 Å². The van der Waals surface area contributed by atoms with Crippen molar-refractivity contribution < 1.29 is 0 Å². The van der Waals surface area contributed by atoms with Crippen molar-refractivity contribution in [3.63, 3.8) is 0 Å². The summed E-state index contributed by atoms with van der Waals surface area (Å²) in [5.74, 6) is 3.33. The van der Waals surface area contributed by atoms with E-state index in [4.69, 9.17) is 0 Å². The summed E-state index contributed by atoms with van der Waals surface area (Å²) in [4.78, 5) is 24.9. The molecule has 148 valence electrons. The summed E-state index contributed by atoms with van der Waals surface area (Å²) < 4.78 is 10.6. The fraction of sp³-hybridized carbons (Fsp3) is 0.636. The van der Waals surface area contributed by atoms with Crippen LogP contribution in [0.2, 0.25) is 13.3 Å². The molecule has 0 aliphatic rings. The molecule has 0 unspecified atom stereocenters. The van der Waals surface area contributed by atoms with Crippen LogP contribution in [0, 0.1) is 23.7 Å². The molecule has 0 aliphatic carbocycles. The summed E-state index contributed by atoms with van der Waals surface area (Å²) in [7, 11) is 0. The average molecular weight is 477 g/mol. The predicted molar refractivity (Wildman–Crippen MR) is 116 cm³/mol. The predicted octanol–water partition coefficient (Wildman–Crippen LogP) is 4.55. The Morgan fingerprint density at radius 2 is 1.41 bits per heavy atom. The molecule has 2 heterocycles. The van der Waals surface area contributed by atoms with Crippen molar-refractivity contribution in [1.29, 1.82) is 0 Å². The third-order valence-electron chi connectivity index (χ3n) is 5.64. The van der Waals surface area contributed by atoms with Crippen molar-refractivity contribution in [3.8, 4) is 9.86 Å². The zero-order valence-electron chi connectivity index (χ0n) is 17.7. The first-order valence-corrected chi connectivity index (χ1v) is 18.0. The van der Waals surface area contributed by atoms with Gasteiger partial charge in [-0.2, -0.15) is 0 Å². The Balaban J connectivity index is 2.53. The minimum absolute atomic E-state index is 0.250. The van der Waals surface area contributed by atoms with Gasteiger partial charge in [-0.15, -0.1) is 0 Å². The van der Waals surface area contributed by atoms with E-state index in [1.165, 1.54) is 62.4 Å². The summed E-state index contributed by atoms with van der Waals surface area (Å²) in [5.41, 5.74) is 1.61. The van der Waals surface area contributed by atoms with Gasteiger partial charge in [-0.1, -0.05) is 0 Å². The number of hydrogen-bond acceptors (Lipinski definition) is 2. The van der Waals surface area contributed by atoms with E-state index < -0.39 is 18.4 Å². The first-order valence-electron chi connectivity index (χ1n) is 10.5. The average Bonchev–Trinajstić information content (AvgIpc) is 3.09. The van der Waals surface area contributed by atoms with Crippen molar-refractivity contribution in [2.45, 2.75) is 86.5 Å². The van der Waals surface area contributed by atoms with Crippen LogP contribution in [0.1, 0.15) is 76.2 Å². The van der Waals surface area contributed by atoms with Crippen molar-refractivity contribution in [3.05, 3.63) is 43.7 Å². The summed E-state index contributed by atoms with van der Waals surface area (Å²) in [6.45, 7) is 10.5. The van der Waals surface area contributed by atoms with Gasteiger partial charge in [0.2, 0.25) is 0 Å². The van der Waals surface area contributed by atoms with Gasteiger partial charge in [-0.3, -0.25) is 0 Å². The molecule has 0 bridgehead atoms. The Morgan fingerprint density at radius 1 is 0.889 bits per heavy atom. The second-order valence-corrected chi connectivity index (χ2v) is 20.2. The van der Waals surface area contributed by atoms with Crippen molar-refractivity contribution in [1.82, 2.24) is 9.03 Å². The van der Waals surface area contributed by atoms with E-state index in [1.807, 2.05) is 13.8 Å². The zero-order valence-corrected chi connectivity index (χ0v) is 20.5. The fourth-order valence-electron chi connectivity index (χ4n) is 3.98. The number of unbranched alkanes of at least 4 members (excludes halogenated alkanes) is 3. The third-order valence-corrected chi connectivity index (χ3v) is 18.7. The molecule has 0 spiro atoms. The van der Waals surface area contributed by atoms with Crippen LogP contribution >= 0.6 is 0 Å². The molecule has 0 saturated heterocycles. The van der Waals surface area contributed by atoms with Gasteiger partial charge in [0.15, 0.2) is 0 Å². The van der Waals surface area contributed by atoms with E-state index >= 15 is 0 Å². The number of aryl methyl sites for hydroxylation is 2. The van der Waals surface area contributed by atoms with Crippen LogP contribution in [0.4, 0.5) is 0 Å². The molecule has 4 nitrogen and oxygen atoms in total. The van der Waals surface area contributed by atoms with Gasteiger partial charge < -0.3 is 0 Å². The van der Waals surface area contributed by atoms with Gasteiger partial charge in [0.25, 0.3) is 0 Å².